The summed E-state index contributed by atoms with van der Waals surface area (Å²) in [6.45, 7) is 0. The molecule has 3 heterocycles. The molecule has 14 aromatic rings. The standard InChI is InChI=1S/C61H36N4/c1-3-12-41(13-4-1)57-48-19-8-7-18-45(48)49-34-35-51-46-31-30-43(36-54(46)65(60(51)59(49)63-57)44-16-5-2-6-17-44)37-22-26-42(27-23-37)61-62-53-21-10-9-20-52(53)58(64-61)50-33-29-40-25-24-38-14-11-15-39-28-32-47(50)56(40)55(38)39/h1-36H. The van der Waals surface area contributed by atoms with E-state index in [4.69, 9.17) is 15.0 Å². The van der Waals surface area contributed by atoms with Gasteiger partial charge in [-0.15, -0.1) is 0 Å². The minimum absolute atomic E-state index is 0.706. The van der Waals surface area contributed by atoms with E-state index in [-0.39, 0.29) is 0 Å². The highest BCUT2D eigenvalue weighted by atomic mass is 15.0. The Labute approximate surface area is 373 Å². The van der Waals surface area contributed by atoms with Crippen molar-refractivity contribution in [2.24, 2.45) is 0 Å². The van der Waals surface area contributed by atoms with Crippen molar-refractivity contribution in [2.75, 3.05) is 0 Å². The highest BCUT2D eigenvalue weighted by molar-refractivity contribution is 6.26. The Kier molecular flexibility index (Phi) is 7.65. The monoisotopic (exact) mass is 824 g/mol. The van der Waals surface area contributed by atoms with Crippen molar-refractivity contribution in [3.8, 4) is 50.7 Å². The van der Waals surface area contributed by atoms with Crippen molar-refractivity contribution >= 4 is 86.7 Å². The summed E-state index contributed by atoms with van der Waals surface area (Å²) in [7, 11) is 0. The first kappa shape index (κ1) is 35.8. The maximum absolute atomic E-state index is 5.55. The molecule has 65 heavy (non-hydrogen) atoms. The van der Waals surface area contributed by atoms with Crippen LogP contribution >= 0.6 is 0 Å². The SMILES string of the molecule is c1ccc(-c2nc3c(ccc4c5ccc(-c6ccc(-c7nc(-c8ccc9ccc%10cccc%11ccc8c9c%10%11)c8ccccc8n7)cc6)cc5n(-c5ccccc5)c43)c3ccccc23)cc1. The van der Waals surface area contributed by atoms with Crippen molar-refractivity contribution in [3.63, 3.8) is 0 Å². The molecule has 0 atom stereocenters. The molecular weight excluding hydrogens is 789 g/mol. The van der Waals surface area contributed by atoms with Crippen LogP contribution in [0.4, 0.5) is 0 Å². The zero-order valence-electron chi connectivity index (χ0n) is 35.1. The predicted molar refractivity (Wildman–Crippen MR) is 272 cm³/mol. The first-order valence-corrected chi connectivity index (χ1v) is 22.2. The van der Waals surface area contributed by atoms with E-state index in [0.29, 0.717) is 5.82 Å². The second-order valence-electron chi connectivity index (χ2n) is 17.1. The van der Waals surface area contributed by atoms with Crippen LogP contribution in [-0.4, -0.2) is 19.5 Å². The van der Waals surface area contributed by atoms with Gasteiger partial charge in [0.05, 0.1) is 33.5 Å². The van der Waals surface area contributed by atoms with Crippen LogP contribution in [0.3, 0.4) is 0 Å². The molecule has 0 spiro atoms. The van der Waals surface area contributed by atoms with E-state index in [2.05, 4.69) is 223 Å². The van der Waals surface area contributed by atoms with Crippen LogP contribution < -0.4 is 0 Å². The van der Waals surface area contributed by atoms with Gasteiger partial charge in [-0.1, -0.05) is 194 Å². The molecule has 0 aliphatic carbocycles. The normalized spacial score (nSPS) is 12.0. The molecule has 4 heteroatoms. The molecule has 11 aromatic carbocycles. The Morgan fingerprint density at radius 3 is 1.75 bits per heavy atom. The molecule has 0 amide bonds. The summed E-state index contributed by atoms with van der Waals surface area (Å²) in [4.78, 5) is 16.1. The second kappa shape index (κ2) is 13.9. The maximum Gasteiger partial charge on any atom is 0.160 e. The summed E-state index contributed by atoms with van der Waals surface area (Å²) in [5.41, 5.74) is 12.6. The number of hydrogen-bond acceptors (Lipinski definition) is 3. The number of fused-ring (bicyclic) bond motifs is 8. The van der Waals surface area contributed by atoms with E-state index < -0.39 is 0 Å². The van der Waals surface area contributed by atoms with Crippen molar-refractivity contribution in [3.05, 3.63) is 218 Å². The van der Waals surface area contributed by atoms with Gasteiger partial charge in [-0.05, 0) is 73.1 Å². The van der Waals surface area contributed by atoms with Crippen LogP contribution in [0.5, 0.6) is 0 Å². The summed E-state index contributed by atoms with van der Waals surface area (Å²) >= 11 is 0. The largest absolute Gasteiger partial charge is 0.307 e. The number of aromatic nitrogens is 4. The van der Waals surface area contributed by atoms with E-state index in [9.17, 15) is 0 Å². The summed E-state index contributed by atoms with van der Waals surface area (Å²) in [6.07, 6.45) is 0. The Bertz CT molecular complexity index is 4190. The summed E-state index contributed by atoms with van der Waals surface area (Å²) in [6, 6.07) is 78.4. The molecule has 14 rings (SSSR count). The van der Waals surface area contributed by atoms with E-state index >= 15 is 0 Å². The fourth-order valence-electron chi connectivity index (χ4n) is 10.5. The summed E-state index contributed by atoms with van der Waals surface area (Å²) in [5, 5.41) is 14.4. The topological polar surface area (TPSA) is 43.6 Å². The molecular formula is C61H36N4. The summed E-state index contributed by atoms with van der Waals surface area (Å²) < 4.78 is 2.41. The lowest BCUT2D eigenvalue weighted by Crippen LogP contribution is -1.97. The van der Waals surface area contributed by atoms with Crippen LogP contribution in [0.25, 0.3) is 137 Å². The van der Waals surface area contributed by atoms with Gasteiger partial charge in [0.15, 0.2) is 5.82 Å². The molecule has 0 fully saturated rings. The third-order valence-corrected chi connectivity index (χ3v) is 13.5. The third-order valence-electron chi connectivity index (χ3n) is 13.5. The number of hydrogen-bond donors (Lipinski definition) is 0. The van der Waals surface area contributed by atoms with Crippen molar-refractivity contribution < 1.29 is 0 Å². The fraction of sp³-hybridized carbons (Fsp3) is 0. The summed E-state index contributed by atoms with van der Waals surface area (Å²) in [5.74, 6) is 0.706. The molecule has 0 saturated carbocycles. The van der Waals surface area contributed by atoms with Crippen LogP contribution in [0, 0.1) is 0 Å². The van der Waals surface area contributed by atoms with E-state index in [0.717, 1.165) is 83.1 Å². The Morgan fingerprint density at radius 1 is 0.323 bits per heavy atom. The molecule has 300 valence electrons. The number of benzene rings is 11. The van der Waals surface area contributed by atoms with Gasteiger partial charge < -0.3 is 4.57 Å². The molecule has 0 radical (unpaired) electrons. The zero-order valence-corrected chi connectivity index (χ0v) is 35.1. The van der Waals surface area contributed by atoms with Crippen molar-refractivity contribution in [1.29, 1.82) is 0 Å². The van der Waals surface area contributed by atoms with Crippen molar-refractivity contribution in [1.82, 2.24) is 19.5 Å². The number of para-hydroxylation sites is 2. The molecule has 0 unspecified atom stereocenters. The molecule has 3 aromatic heterocycles. The lowest BCUT2D eigenvalue weighted by atomic mass is 9.90. The molecule has 0 N–H and O–H groups in total. The van der Waals surface area contributed by atoms with Crippen LogP contribution in [0.2, 0.25) is 0 Å². The molecule has 0 aliphatic rings. The highest BCUT2D eigenvalue weighted by Crippen LogP contribution is 2.43. The predicted octanol–water partition coefficient (Wildman–Crippen LogP) is 16.0. The van der Waals surface area contributed by atoms with Crippen LogP contribution in [0.15, 0.2) is 218 Å². The van der Waals surface area contributed by atoms with E-state index in [1.54, 1.807) is 0 Å². The maximum atomic E-state index is 5.55. The zero-order chi connectivity index (χ0) is 42.6. The number of nitrogens with zero attached hydrogens (tertiary/aromatic N) is 4. The van der Waals surface area contributed by atoms with Gasteiger partial charge in [0.25, 0.3) is 0 Å². The Hall–Kier alpha value is -8.73. The minimum atomic E-state index is 0.706. The van der Waals surface area contributed by atoms with Gasteiger partial charge in [-0.3, -0.25) is 0 Å². The Morgan fingerprint density at radius 2 is 0.938 bits per heavy atom. The van der Waals surface area contributed by atoms with Gasteiger partial charge in [0, 0.05) is 49.3 Å². The molecule has 0 saturated heterocycles. The van der Waals surface area contributed by atoms with Gasteiger partial charge in [-0.2, -0.15) is 0 Å². The Balaban J connectivity index is 0.927. The average molecular weight is 825 g/mol. The van der Waals surface area contributed by atoms with E-state index in [1.165, 1.54) is 48.5 Å². The highest BCUT2D eigenvalue weighted by Gasteiger charge is 2.21. The van der Waals surface area contributed by atoms with Gasteiger partial charge in [-0.25, -0.2) is 15.0 Å². The first-order chi connectivity index (χ1) is 32.2. The lowest BCUT2D eigenvalue weighted by Gasteiger charge is -2.15. The molecule has 4 nitrogen and oxygen atoms in total. The molecule has 0 bridgehead atoms. The third kappa shape index (κ3) is 5.41. The van der Waals surface area contributed by atoms with Crippen LogP contribution in [0.1, 0.15) is 0 Å². The van der Waals surface area contributed by atoms with Gasteiger partial charge in [0.2, 0.25) is 0 Å². The lowest BCUT2D eigenvalue weighted by molar-refractivity contribution is 1.18. The van der Waals surface area contributed by atoms with E-state index in [1.807, 2.05) is 0 Å². The number of rotatable bonds is 5. The number of pyridine rings is 1. The van der Waals surface area contributed by atoms with Crippen LogP contribution in [-0.2, 0) is 0 Å². The smallest absolute Gasteiger partial charge is 0.160 e. The van der Waals surface area contributed by atoms with Gasteiger partial charge >= 0.3 is 0 Å². The minimum Gasteiger partial charge on any atom is -0.307 e. The molecule has 0 aliphatic heterocycles. The quantitative estimate of drug-likeness (QED) is 0.162. The average Bonchev–Trinajstić information content (AvgIpc) is 3.72. The van der Waals surface area contributed by atoms with Crippen molar-refractivity contribution in [2.45, 2.75) is 0 Å². The fourth-order valence-corrected chi connectivity index (χ4v) is 10.5. The second-order valence-corrected chi connectivity index (χ2v) is 17.1. The first-order valence-electron chi connectivity index (χ1n) is 22.2. The van der Waals surface area contributed by atoms with Gasteiger partial charge in [0.1, 0.15) is 0 Å².